The molecule has 0 unspecified atom stereocenters. The van der Waals surface area contributed by atoms with E-state index in [1.54, 1.807) is 0 Å². The van der Waals surface area contributed by atoms with Crippen molar-refractivity contribution in [2.75, 3.05) is 10.7 Å². The molecule has 0 bridgehead atoms. The minimum Gasteiger partial charge on any atom is -0.365 e. The zero-order chi connectivity index (χ0) is 12.9. The summed E-state index contributed by atoms with van der Waals surface area (Å²) < 4.78 is 0. The molecule has 0 saturated heterocycles. The molecule has 0 aliphatic rings. The van der Waals surface area contributed by atoms with E-state index in [2.05, 4.69) is 41.5 Å². The average molecular weight is 237 g/mol. The molecular formula is C12H23N5. The zero-order valence-electron chi connectivity index (χ0n) is 11.2. The van der Waals surface area contributed by atoms with Gasteiger partial charge in [0, 0.05) is 18.0 Å². The second-order valence-electron chi connectivity index (χ2n) is 4.81. The summed E-state index contributed by atoms with van der Waals surface area (Å²) in [6.07, 6.45) is 3.01. The molecule has 0 radical (unpaired) electrons. The second-order valence-corrected chi connectivity index (χ2v) is 4.81. The Kier molecular flexibility index (Phi) is 4.69. The van der Waals surface area contributed by atoms with Gasteiger partial charge in [-0.2, -0.15) is 0 Å². The molecule has 0 aromatic carbocycles. The van der Waals surface area contributed by atoms with Gasteiger partial charge < -0.3 is 10.7 Å². The maximum atomic E-state index is 5.40. The molecule has 0 aliphatic carbocycles. The molecule has 17 heavy (non-hydrogen) atoms. The van der Waals surface area contributed by atoms with Crippen molar-refractivity contribution in [3.63, 3.8) is 0 Å². The fourth-order valence-corrected chi connectivity index (χ4v) is 1.83. The normalized spacial score (nSPS) is 11.4. The van der Waals surface area contributed by atoms with Gasteiger partial charge in [0.2, 0.25) is 0 Å². The van der Waals surface area contributed by atoms with Crippen LogP contribution in [0.1, 0.15) is 46.4 Å². The van der Waals surface area contributed by atoms with E-state index in [1.807, 2.05) is 13.0 Å². The number of anilines is 2. The van der Waals surface area contributed by atoms with Crippen LogP contribution in [0.5, 0.6) is 0 Å². The Labute approximate surface area is 103 Å². The van der Waals surface area contributed by atoms with E-state index in [4.69, 9.17) is 5.84 Å². The van der Waals surface area contributed by atoms with E-state index >= 15 is 0 Å². The third kappa shape index (κ3) is 4.19. The highest BCUT2D eigenvalue weighted by Gasteiger charge is 2.17. The average Bonchev–Trinajstić information content (AvgIpc) is 2.27. The van der Waals surface area contributed by atoms with Crippen LogP contribution in [0.3, 0.4) is 0 Å². The maximum absolute atomic E-state index is 5.40. The fraction of sp³-hybridized carbons (Fsp3) is 0.667. The molecule has 1 aromatic heterocycles. The molecule has 5 heteroatoms. The second kappa shape index (κ2) is 5.82. The molecule has 0 spiro atoms. The minimum atomic E-state index is 0.0278. The number of aryl methyl sites for hydroxylation is 1. The molecule has 0 atom stereocenters. The molecule has 1 heterocycles. The number of hydrazine groups is 1. The lowest BCUT2D eigenvalue weighted by atomic mass is 9.99. The Bertz CT molecular complexity index is 340. The number of aromatic nitrogens is 2. The smallest absolute Gasteiger partial charge is 0.145 e. The van der Waals surface area contributed by atoms with Gasteiger partial charge >= 0.3 is 0 Å². The Hall–Kier alpha value is -1.36. The molecular weight excluding hydrogens is 214 g/mol. The fourth-order valence-electron chi connectivity index (χ4n) is 1.83. The summed E-state index contributed by atoms with van der Waals surface area (Å²) in [5.74, 6) is 7.65. The molecule has 1 aromatic rings. The van der Waals surface area contributed by atoms with Crippen LogP contribution in [0.25, 0.3) is 0 Å². The van der Waals surface area contributed by atoms with Crippen molar-refractivity contribution < 1.29 is 0 Å². The van der Waals surface area contributed by atoms with Gasteiger partial charge in [-0.3, -0.25) is 0 Å². The first-order valence-electron chi connectivity index (χ1n) is 6.13. The predicted octanol–water partition coefficient (Wildman–Crippen LogP) is 2.32. The SMILES string of the molecule is CCCC(C)(C)Nc1cc(NN)nc(CC)n1. The largest absolute Gasteiger partial charge is 0.365 e. The van der Waals surface area contributed by atoms with Crippen molar-refractivity contribution in [3.05, 3.63) is 11.9 Å². The molecule has 4 N–H and O–H groups in total. The molecule has 0 aliphatic heterocycles. The highest BCUT2D eigenvalue weighted by Crippen LogP contribution is 2.19. The quantitative estimate of drug-likeness (QED) is 0.523. The summed E-state index contributed by atoms with van der Waals surface area (Å²) in [4.78, 5) is 8.71. The minimum absolute atomic E-state index is 0.0278. The van der Waals surface area contributed by atoms with E-state index in [0.29, 0.717) is 5.82 Å². The Morgan fingerprint density at radius 3 is 2.41 bits per heavy atom. The third-order valence-corrected chi connectivity index (χ3v) is 2.58. The first kappa shape index (κ1) is 13.7. The van der Waals surface area contributed by atoms with Crippen LogP contribution in [0.2, 0.25) is 0 Å². The van der Waals surface area contributed by atoms with E-state index < -0.39 is 0 Å². The lowest BCUT2D eigenvalue weighted by Crippen LogP contribution is -2.31. The van der Waals surface area contributed by atoms with Crippen molar-refractivity contribution in [1.82, 2.24) is 9.97 Å². The van der Waals surface area contributed by atoms with E-state index in [0.717, 1.165) is 30.9 Å². The van der Waals surface area contributed by atoms with Crippen molar-refractivity contribution in [2.24, 2.45) is 5.84 Å². The summed E-state index contributed by atoms with van der Waals surface area (Å²) in [6, 6.07) is 1.83. The molecule has 0 fully saturated rings. The van der Waals surface area contributed by atoms with E-state index in [-0.39, 0.29) is 5.54 Å². The maximum Gasteiger partial charge on any atom is 0.145 e. The molecule has 1 rings (SSSR count). The van der Waals surface area contributed by atoms with Crippen LogP contribution in [0.4, 0.5) is 11.6 Å². The Balaban J connectivity index is 2.89. The summed E-state index contributed by atoms with van der Waals surface area (Å²) in [7, 11) is 0. The highest BCUT2D eigenvalue weighted by molar-refractivity contribution is 5.48. The third-order valence-electron chi connectivity index (χ3n) is 2.58. The summed E-state index contributed by atoms with van der Waals surface area (Å²) in [6.45, 7) is 8.53. The van der Waals surface area contributed by atoms with E-state index in [9.17, 15) is 0 Å². The highest BCUT2D eigenvalue weighted by atomic mass is 15.3. The molecule has 0 amide bonds. The Morgan fingerprint density at radius 1 is 1.24 bits per heavy atom. The summed E-state index contributed by atoms with van der Waals surface area (Å²) in [5.41, 5.74) is 2.60. The standard InChI is InChI=1S/C12H23N5/c1-5-7-12(3,4)16-10-8-11(17-13)15-9(6-2)14-10/h8H,5-7,13H2,1-4H3,(H2,14,15,16,17). The topological polar surface area (TPSA) is 75.9 Å². The van der Waals surface area contributed by atoms with Crippen molar-refractivity contribution >= 4 is 11.6 Å². The van der Waals surface area contributed by atoms with E-state index in [1.165, 1.54) is 0 Å². The first-order valence-corrected chi connectivity index (χ1v) is 6.13. The van der Waals surface area contributed by atoms with Crippen LogP contribution in [0.15, 0.2) is 6.07 Å². The summed E-state index contributed by atoms with van der Waals surface area (Å²) >= 11 is 0. The number of hydrogen-bond acceptors (Lipinski definition) is 5. The number of nitrogens with zero attached hydrogens (tertiary/aromatic N) is 2. The number of nitrogens with two attached hydrogens (primary N) is 1. The molecule has 96 valence electrons. The number of nitrogens with one attached hydrogen (secondary N) is 2. The van der Waals surface area contributed by atoms with Gasteiger partial charge in [-0.25, -0.2) is 15.8 Å². The summed E-state index contributed by atoms with van der Waals surface area (Å²) in [5, 5.41) is 3.42. The van der Waals surface area contributed by atoms with Crippen molar-refractivity contribution in [1.29, 1.82) is 0 Å². The van der Waals surface area contributed by atoms with Gasteiger partial charge in [0.15, 0.2) is 0 Å². The van der Waals surface area contributed by atoms with Crippen LogP contribution in [0, 0.1) is 0 Å². The molecule has 5 nitrogen and oxygen atoms in total. The van der Waals surface area contributed by atoms with Crippen LogP contribution in [-0.4, -0.2) is 15.5 Å². The first-order chi connectivity index (χ1) is 8.00. The van der Waals surface area contributed by atoms with Gasteiger partial charge in [0.1, 0.15) is 17.5 Å². The van der Waals surface area contributed by atoms with Crippen LogP contribution in [-0.2, 0) is 6.42 Å². The molecule has 0 saturated carbocycles. The lowest BCUT2D eigenvalue weighted by molar-refractivity contribution is 0.508. The van der Waals surface area contributed by atoms with Gasteiger partial charge in [0.05, 0.1) is 0 Å². The van der Waals surface area contributed by atoms with Gasteiger partial charge in [0.25, 0.3) is 0 Å². The van der Waals surface area contributed by atoms with Crippen molar-refractivity contribution in [2.45, 2.75) is 52.5 Å². The predicted molar refractivity (Wildman–Crippen MR) is 71.8 cm³/mol. The lowest BCUT2D eigenvalue weighted by Gasteiger charge is -2.26. The van der Waals surface area contributed by atoms with Gasteiger partial charge in [-0.05, 0) is 20.3 Å². The van der Waals surface area contributed by atoms with Crippen LogP contribution >= 0.6 is 0 Å². The Morgan fingerprint density at radius 2 is 1.88 bits per heavy atom. The number of hydrogen-bond donors (Lipinski definition) is 3. The number of rotatable bonds is 6. The van der Waals surface area contributed by atoms with Crippen LogP contribution < -0.4 is 16.6 Å². The van der Waals surface area contributed by atoms with Crippen molar-refractivity contribution in [3.8, 4) is 0 Å². The zero-order valence-corrected chi connectivity index (χ0v) is 11.2. The monoisotopic (exact) mass is 237 g/mol. The van der Waals surface area contributed by atoms with Gasteiger partial charge in [-0.1, -0.05) is 20.3 Å². The van der Waals surface area contributed by atoms with Gasteiger partial charge in [-0.15, -0.1) is 0 Å². The number of nitrogen functional groups attached to an aromatic ring is 1.